The Bertz CT molecular complexity index is 544. The molecule has 0 aliphatic heterocycles. The number of nitrogen functional groups attached to an aromatic ring is 1. The second-order valence-electron chi connectivity index (χ2n) is 4.81. The summed E-state index contributed by atoms with van der Waals surface area (Å²) in [5.41, 5.74) is 8.83. The van der Waals surface area contributed by atoms with Gasteiger partial charge >= 0.3 is 0 Å². The zero-order valence-electron chi connectivity index (χ0n) is 12.4. The molecule has 1 heterocycles. The summed E-state index contributed by atoms with van der Waals surface area (Å²) in [6, 6.07) is 9.72. The van der Waals surface area contributed by atoms with Gasteiger partial charge in [0.2, 0.25) is 0 Å². The van der Waals surface area contributed by atoms with Crippen molar-refractivity contribution in [2.45, 2.75) is 26.4 Å². The topological polar surface area (TPSA) is 57.4 Å². The summed E-state index contributed by atoms with van der Waals surface area (Å²) in [5, 5.41) is 0. The van der Waals surface area contributed by atoms with E-state index in [4.69, 9.17) is 15.2 Å². The minimum atomic E-state index is 0.525. The molecule has 0 bridgehead atoms. The van der Waals surface area contributed by atoms with E-state index in [1.807, 2.05) is 49.6 Å². The summed E-state index contributed by atoms with van der Waals surface area (Å²) < 4.78 is 11.3. The van der Waals surface area contributed by atoms with E-state index in [0.29, 0.717) is 19.8 Å². The molecule has 0 radical (unpaired) electrons. The molecule has 0 spiro atoms. The second kappa shape index (κ2) is 8.27. The van der Waals surface area contributed by atoms with E-state index in [9.17, 15) is 0 Å². The van der Waals surface area contributed by atoms with Crippen molar-refractivity contribution < 1.29 is 9.47 Å². The molecule has 1 aromatic heterocycles. The van der Waals surface area contributed by atoms with Crippen molar-refractivity contribution in [3.05, 3.63) is 53.9 Å². The Labute approximate surface area is 125 Å². The Morgan fingerprint density at radius 2 is 1.95 bits per heavy atom. The van der Waals surface area contributed by atoms with Crippen LogP contribution in [0.15, 0.2) is 42.7 Å². The summed E-state index contributed by atoms with van der Waals surface area (Å²) in [6.07, 6.45) is 5.61. The van der Waals surface area contributed by atoms with Crippen LogP contribution in [0.4, 0.5) is 5.69 Å². The number of benzene rings is 1. The van der Waals surface area contributed by atoms with Crippen LogP contribution in [0.5, 0.6) is 5.75 Å². The predicted octanol–water partition coefficient (Wildman–Crippen LogP) is 3.21. The van der Waals surface area contributed by atoms with E-state index in [2.05, 4.69) is 4.98 Å². The third kappa shape index (κ3) is 5.08. The van der Waals surface area contributed by atoms with Gasteiger partial charge in [-0.15, -0.1) is 0 Å². The lowest BCUT2D eigenvalue weighted by atomic mass is 10.1. The molecule has 2 aromatic rings. The number of anilines is 1. The maximum atomic E-state index is 5.81. The molecule has 2 N–H and O–H groups in total. The first-order chi connectivity index (χ1) is 10.3. The van der Waals surface area contributed by atoms with Crippen LogP contribution in [0, 0.1) is 0 Å². The predicted molar refractivity (Wildman–Crippen MR) is 84.2 cm³/mol. The summed E-state index contributed by atoms with van der Waals surface area (Å²) >= 11 is 0. The largest absolute Gasteiger partial charge is 0.494 e. The van der Waals surface area contributed by atoms with Crippen molar-refractivity contribution in [1.29, 1.82) is 0 Å². The molecule has 112 valence electrons. The van der Waals surface area contributed by atoms with Crippen molar-refractivity contribution in [1.82, 2.24) is 4.98 Å². The monoisotopic (exact) mass is 286 g/mol. The van der Waals surface area contributed by atoms with E-state index < -0.39 is 0 Å². The van der Waals surface area contributed by atoms with Crippen molar-refractivity contribution in [3.8, 4) is 5.75 Å². The quantitative estimate of drug-likeness (QED) is 0.598. The number of aromatic nitrogens is 1. The lowest BCUT2D eigenvalue weighted by molar-refractivity contribution is 0.116. The molecule has 0 saturated heterocycles. The molecular weight excluding hydrogens is 264 g/mol. The molecule has 0 aliphatic carbocycles. The van der Waals surface area contributed by atoms with Gasteiger partial charge in [-0.2, -0.15) is 0 Å². The molecule has 1 aromatic carbocycles. The van der Waals surface area contributed by atoms with Crippen molar-refractivity contribution in [2.75, 3.05) is 18.9 Å². The number of aryl methyl sites for hydroxylation is 1. The van der Waals surface area contributed by atoms with Gasteiger partial charge in [-0.25, -0.2) is 0 Å². The standard InChI is InChI=1S/C17H22N2O2/c1-2-21-17-6-5-16(18)12-15(17)13-20-11-3-4-14-7-9-19-10-8-14/h5-10,12H,2-4,11,13,18H2,1H3. The van der Waals surface area contributed by atoms with Crippen LogP contribution < -0.4 is 10.5 Å². The van der Waals surface area contributed by atoms with Gasteiger partial charge in [-0.3, -0.25) is 4.98 Å². The van der Waals surface area contributed by atoms with Crippen LogP contribution in [0.3, 0.4) is 0 Å². The molecule has 0 saturated carbocycles. The highest BCUT2D eigenvalue weighted by Crippen LogP contribution is 2.22. The van der Waals surface area contributed by atoms with Crippen LogP contribution >= 0.6 is 0 Å². The van der Waals surface area contributed by atoms with Gasteiger partial charge in [0.1, 0.15) is 5.75 Å². The average Bonchev–Trinajstić information content (AvgIpc) is 2.51. The molecule has 2 rings (SSSR count). The maximum Gasteiger partial charge on any atom is 0.124 e. The summed E-state index contributed by atoms with van der Waals surface area (Å²) in [7, 11) is 0. The normalized spacial score (nSPS) is 10.5. The molecule has 0 atom stereocenters. The number of hydrogen-bond donors (Lipinski definition) is 1. The van der Waals surface area contributed by atoms with Gasteiger partial charge in [0, 0.05) is 30.3 Å². The molecule has 0 amide bonds. The molecule has 21 heavy (non-hydrogen) atoms. The molecule has 0 aliphatic rings. The van der Waals surface area contributed by atoms with Crippen molar-refractivity contribution in [3.63, 3.8) is 0 Å². The van der Waals surface area contributed by atoms with Crippen LogP contribution in [0.25, 0.3) is 0 Å². The van der Waals surface area contributed by atoms with E-state index in [1.54, 1.807) is 0 Å². The SMILES string of the molecule is CCOc1ccc(N)cc1COCCCc1ccncc1. The smallest absolute Gasteiger partial charge is 0.124 e. The first kappa shape index (κ1) is 15.3. The molecular formula is C17H22N2O2. The van der Waals surface area contributed by atoms with Gasteiger partial charge in [0.15, 0.2) is 0 Å². The van der Waals surface area contributed by atoms with Gasteiger partial charge in [0.25, 0.3) is 0 Å². The van der Waals surface area contributed by atoms with Crippen LogP contribution in [-0.2, 0) is 17.8 Å². The Hall–Kier alpha value is -2.07. The summed E-state index contributed by atoms with van der Waals surface area (Å²) in [6.45, 7) is 3.84. The van der Waals surface area contributed by atoms with E-state index in [-0.39, 0.29) is 0 Å². The Morgan fingerprint density at radius 1 is 1.14 bits per heavy atom. The first-order valence-electron chi connectivity index (χ1n) is 7.27. The molecule has 0 fully saturated rings. The lowest BCUT2D eigenvalue weighted by Gasteiger charge is -2.11. The minimum absolute atomic E-state index is 0.525. The van der Waals surface area contributed by atoms with Crippen LogP contribution in [0.2, 0.25) is 0 Å². The Kier molecular flexibility index (Phi) is 6.03. The van der Waals surface area contributed by atoms with Gasteiger partial charge < -0.3 is 15.2 Å². The first-order valence-corrected chi connectivity index (χ1v) is 7.27. The fourth-order valence-corrected chi connectivity index (χ4v) is 2.12. The van der Waals surface area contributed by atoms with Gasteiger partial charge in [-0.05, 0) is 55.7 Å². The molecule has 4 heteroatoms. The van der Waals surface area contributed by atoms with Gasteiger partial charge in [-0.1, -0.05) is 0 Å². The third-order valence-electron chi connectivity index (χ3n) is 3.15. The average molecular weight is 286 g/mol. The zero-order valence-corrected chi connectivity index (χ0v) is 12.4. The Balaban J connectivity index is 1.76. The number of pyridine rings is 1. The van der Waals surface area contributed by atoms with Crippen molar-refractivity contribution >= 4 is 5.69 Å². The molecule has 0 unspecified atom stereocenters. The minimum Gasteiger partial charge on any atom is -0.494 e. The van der Waals surface area contributed by atoms with E-state index >= 15 is 0 Å². The number of hydrogen-bond acceptors (Lipinski definition) is 4. The van der Waals surface area contributed by atoms with Crippen molar-refractivity contribution in [2.24, 2.45) is 0 Å². The van der Waals surface area contributed by atoms with Crippen LogP contribution in [0.1, 0.15) is 24.5 Å². The molecule has 4 nitrogen and oxygen atoms in total. The highest BCUT2D eigenvalue weighted by Gasteiger charge is 2.04. The number of rotatable bonds is 8. The maximum absolute atomic E-state index is 5.81. The number of nitrogens with two attached hydrogens (primary N) is 1. The fraction of sp³-hybridized carbons (Fsp3) is 0.353. The van der Waals surface area contributed by atoms with E-state index in [1.165, 1.54) is 5.56 Å². The highest BCUT2D eigenvalue weighted by atomic mass is 16.5. The second-order valence-corrected chi connectivity index (χ2v) is 4.81. The highest BCUT2D eigenvalue weighted by molar-refractivity contribution is 5.47. The Morgan fingerprint density at radius 3 is 2.71 bits per heavy atom. The van der Waals surface area contributed by atoms with E-state index in [0.717, 1.165) is 29.8 Å². The zero-order chi connectivity index (χ0) is 14.9. The lowest BCUT2D eigenvalue weighted by Crippen LogP contribution is -2.02. The van der Waals surface area contributed by atoms with Gasteiger partial charge in [0.05, 0.1) is 13.2 Å². The summed E-state index contributed by atoms with van der Waals surface area (Å²) in [5.74, 6) is 0.848. The third-order valence-corrected chi connectivity index (χ3v) is 3.15. The number of nitrogens with zero attached hydrogens (tertiary/aromatic N) is 1. The number of ether oxygens (including phenoxy) is 2. The fourth-order valence-electron chi connectivity index (χ4n) is 2.12. The summed E-state index contributed by atoms with van der Waals surface area (Å²) in [4.78, 5) is 4.01. The van der Waals surface area contributed by atoms with Crippen LogP contribution in [-0.4, -0.2) is 18.2 Å².